The first-order valence-corrected chi connectivity index (χ1v) is 21.9. The number of ether oxygens (including phenoxy) is 3. The zero-order chi connectivity index (χ0) is 37.8. The molecule has 7 heteroatoms. The molecule has 3 atom stereocenters. The molecule has 0 aromatic carbocycles. The van der Waals surface area contributed by atoms with Crippen LogP contribution in [0.1, 0.15) is 220 Å². The smallest absolute Gasteiger partial charge is 0.308 e. The lowest BCUT2D eigenvalue weighted by Gasteiger charge is -2.21. The third kappa shape index (κ3) is 33.9. The average molecular weight is 724 g/mol. The normalized spacial score (nSPS) is 13.2. The van der Waals surface area contributed by atoms with Gasteiger partial charge in [-0.1, -0.05) is 143 Å². The molecule has 0 fully saturated rings. The molecule has 0 aliphatic carbocycles. The molecule has 3 unspecified atom stereocenters. The van der Waals surface area contributed by atoms with Crippen LogP contribution in [0.4, 0.5) is 0 Å². The topological polar surface area (TPSA) is 82.1 Å². The number of carbonyl (C=O) groups excluding carboxylic acids is 3. The van der Waals surface area contributed by atoms with Crippen LogP contribution in [0.5, 0.6) is 0 Å². The Morgan fingerprint density at radius 2 is 0.922 bits per heavy atom. The van der Waals surface area contributed by atoms with Crippen LogP contribution >= 0.6 is 0 Å². The van der Waals surface area contributed by atoms with E-state index in [1.54, 1.807) is 0 Å². The number of hydrogen-bond donors (Lipinski definition) is 0. The van der Waals surface area contributed by atoms with Crippen molar-refractivity contribution >= 4 is 17.9 Å². The van der Waals surface area contributed by atoms with E-state index in [1.165, 1.54) is 83.5 Å². The summed E-state index contributed by atoms with van der Waals surface area (Å²) >= 11 is 0. The third-order valence-corrected chi connectivity index (χ3v) is 10.1. The summed E-state index contributed by atoms with van der Waals surface area (Å²) in [7, 11) is 4.11. The zero-order valence-corrected chi connectivity index (χ0v) is 34.8. The van der Waals surface area contributed by atoms with Crippen LogP contribution in [0.2, 0.25) is 0 Å². The third-order valence-electron chi connectivity index (χ3n) is 10.1. The minimum absolute atomic E-state index is 0.0586. The van der Waals surface area contributed by atoms with Crippen molar-refractivity contribution in [3.05, 3.63) is 0 Å². The van der Waals surface area contributed by atoms with Gasteiger partial charge >= 0.3 is 17.9 Å². The second-order valence-corrected chi connectivity index (χ2v) is 15.6. The fraction of sp³-hybridized carbons (Fsp3) is 0.932. The predicted octanol–water partition coefficient (Wildman–Crippen LogP) is 12.3. The molecular formula is C44H85NO6. The molecule has 0 N–H and O–H groups in total. The zero-order valence-electron chi connectivity index (χ0n) is 34.8. The summed E-state index contributed by atoms with van der Waals surface area (Å²) in [6.07, 6.45) is 31.0. The van der Waals surface area contributed by atoms with Crippen LogP contribution in [0.15, 0.2) is 0 Å². The van der Waals surface area contributed by atoms with Gasteiger partial charge < -0.3 is 19.1 Å². The van der Waals surface area contributed by atoms with Crippen molar-refractivity contribution in [3.8, 4) is 0 Å². The fourth-order valence-electron chi connectivity index (χ4n) is 6.72. The largest absolute Gasteiger partial charge is 0.465 e. The average Bonchev–Trinajstić information content (AvgIpc) is 3.09. The van der Waals surface area contributed by atoms with Crippen LogP contribution in [0.25, 0.3) is 0 Å². The highest BCUT2D eigenvalue weighted by Gasteiger charge is 2.21. The quantitative estimate of drug-likeness (QED) is 0.0356. The Bertz CT molecular complexity index is 802. The molecule has 0 aliphatic heterocycles. The molecule has 0 aromatic rings. The summed E-state index contributed by atoms with van der Waals surface area (Å²) in [6.45, 7) is 9.91. The van der Waals surface area contributed by atoms with Crippen LogP contribution in [-0.4, -0.2) is 62.3 Å². The molecule has 302 valence electrons. The molecule has 0 bridgehead atoms. The Labute approximate surface area is 316 Å². The maximum Gasteiger partial charge on any atom is 0.308 e. The van der Waals surface area contributed by atoms with E-state index in [-0.39, 0.29) is 36.0 Å². The van der Waals surface area contributed by atoms with Gasteiger partial charge in [0.05, 0.1) is 18.6 Å². The molecule has 51 heavy (non-hydrogen) atoms. The Morgan fingerprint density at radius 1 is 0.490 bits per heavy atom. The molecule has 0 rings (SSSR count). The number of rotatable bonds is 38. The Hall–Kier alpha value is -1.63. The minimum Gasteiger partial charge on any atom is -0.465 e. The lowest BCUT2D eigenvalue weighted by Crippen LogP contribution is -2.24. The van der Waals surface area contributed by atoms with Gasteiger partial charge in [-0.25, -0.2) is 0 Å². The SMILES string of the molecule is CCCCCCCCCC(=O)OC(C)CCCCCC(CCCCCCC)C(=O)OCCC(CCCN(C)C)OC(=O)CCCCCCCCC. The molecule has 0 heterocycles. The molecule has 0 amide bonds. The van der Waals surface area contributed by atoms with Crippen molar-refractivity contribution in [1.82, 2.24) is 4.90 Å². The highest BCUT2D eigenvalue weighted by molar-refractivity contribution is 5.72. The second-order valence-electron chi connectivity index (χ2n) is 15.6. The van der Waals surface area contributed by atoms with Crippen molar-refractivity contribution < 1.29 is 28.6 Å². The Kier molecular flexibility index (Phi) is 35.5. The summed E-state index contributed by atoms with van der Waals surface area (Å²) in [5, 5.41) is 0. The number of esters is 3. The highest BCUT2D eigenvalue weighted by atomic mass is 16.6. The highest BCUT2D eigenvalue weighted by Crippen LogP contribution is 2.22. The number of hydrogen-bond acceptors (Lipinski definition) is 7. The van der Waals surface area contributed by atoms with Crippen molar-refractivity contribution in [2.75, 3.05) is 27.2 Å². The molecule has 0 radical (unpaired) electrons. The maximum atomic E-state index is 13.3. The van der Waals surface area contributed by atoms with Gasteiger partial charge in [0.25, 0.3) is 0 Å². The summed E-state index contributed by atoms with van der Waals surface area (Å²) in [5.74, 6) is -0.368. The van der Waals surface area contributed by atoms with Gasteiger partial charge in [0.2, 0.25) is 0 Å². The Morgan fingerprint density at radius 3 is 1.43 bits per heavy atom. The van der Waals surface area contributed by atoms with Gasteiger partial charge in [0.1, 0.15) is 6.10 Å². The van der Waals surface area contributed by atoms with Crippen molar-refractivity contribution in [2.45, 2.75) is 233 Å². The molecule has 7 nitrogen and oxygen atoms in total. The van der Waals surface area contributed by atoms with E-state index in [0.717, 1.165) is 96.4 Å². The van der Waals surface area contributed by atoms with Crippen molar-refractivity contribution in [1.29, 1.82) is 0 Å². The van der Waals surface area contributed by atoms with Gasteiger partial charge in [0, 0.05) is 19.3 Å². The van der Waals surface area contributed by atoms with Crippen LogP contribution in [0, 0.1) is 5.92 Å². The van der Waals surface area contributed by atoms with Crippen LogP contribution in [-0.2, 0) is 28.6 Å². The van der Waals surface area contributed by atoms with Gasteiger partial charge in [-0.3, -0.25) is 14.4 Å². The maximum absolute atomic E-state index is 13.3. The molecule has 0 spiro atoms. The monoisotopic (exact) mass is 724 g/mol. The molecule has 0 saturated carbocycles. The van der Waals surface area contributed by atoms with Crippen molar-refractivity contribution in [2.24, 2.45) is 5.92 Å². The van der Waals surface area contributed by atoms with E-state index < -0.39 is 0 Å². The summed E-state index contributed by atoms with van der Waals surface area (Å²) in [4.78, 5) is 40.4. The van der Waals surface area contributed by atoms with Crippen molar-refractivity contribution in [3.63, 3.8) is 0 Å². The molecule has 0 saturated heterocycles. The van der Waals surface area contributed by atoms with E-state index in [0.29, 0.717) is 25.9 Å². The lowest BCUT2D eigenvalue weighted by atomic mass is 9.94. The van der Waals surface area contributed by atoms with E-state index in [9.17, 15) is 14.4 Å². The fourth-order valence-corrected chi connectivity index (χ4v) is 6.72. The minimum atomic E-state index is -0.214. The second kappa shape index (κ2) is 36.7. The summed E-state index contributed by atoms with van der Waals surface area (Å²) in [5.41, 5.74) is 0. The van der Waals surface area contributed by atoms with Gasteiger partial charge in [0.15, 0.2) is 0 Å². The first-order valence-electron chi connectivity index (χ1n) is 21.9. The number of nitrogens with zero attached hydrogens (tertiary/aromatic N) is 1. The molecular weight excluding hydrogens is 638 g/mol. The molecule has 0 aromatic heterocycles. The van der Waals surface area contributed by atoms with E-state index >= 15 is 0 Å². The summed E-state index contributed by atoms with van der Waals surface area (Å²) < 4.78 is 17.5. The van der Waals surface area contributed by atoms with Gasteiger partial charge in [-0.2, -0.15) is 0 Å². The number of carbonyl (C=O) groups is 3. The van der Waals surface area contributed by atoms with Gasteiger partial charge in [-0.05, 0) is 78.9 Å². The summed E-state index contributed by atoms with van der Waals surface area (Å²) in [6, 6.07) is 0. The van der Waals surface area contributed by atoms with Gasteiger partial charge in [-0.15, -0.1) is 0 Å². The number of unbranched alkanes of at least 4 members (excludes halogenated alkanes) is 18. The van der Waals surface area contributed by atoms with E-state index in [1.807, 2.05) is 6.92 Å². The first kappa shape index (κ1) is 49.4. The van der Waals surface area contributed by atoms with E-state index in [4.69, 9.17) is 14.2 Å². The first-order chi connectivity index (χ1) is 24.7. The standard InChI is InChI=1S/C44H85NO6/c1-7-10-13-16-18-21-27-34-42(46)50-39(4)30-24-23-26-32-40(31-25-20-15-12-9-3)44(48)49-38-36-41(33-29-37-45(5)6)51-43(47)35-28-22-19-17-14-11-8-2/h39-41H,7-38H2,1-6H3. The molecule has 0 aliphatic rings. The lowest BCUT2D eigenvalue weighted by molar-refractivity contribution is -0.154. The predicted molar refractivity (Wildman–Crippen MR) is 214 cm³/mol. The van der Waals surface area contributed by atoms with Crippen LogP contribution in [0.3, 0.4) is 0 Å². The van der Waals surface area contributed by atoms with Crippen LogP contribution < -0.4 is 0 Å². The van der Waals surface area contributed by atoms with E-state index in [2.05, 4.69) is 39.8 Å². The Balaban J connectivity index is 4.67.